The average Bonchev–Trinajstić information content (AvgIpc) is 2.54. The predicted molar refractivity (Wildman–Crippen MR) is 97.9 cm³/mol. The van der Waals surface area contributed by atoms with Crippen LogP contribution in [0.15, 0.2) is 0 Å². The molecule has 0 aromatic heterocycles. The van der Waals surface area contributed by atoms with Crippen LogP contribution in [0.25, 0.3) is 0 Å². The summed E-state index contributed by atoms with van der Waals surface area (Å²) in [5.41, 5.74) is 5.27. The lowest BCUT2D eigenvalue weighted by Crippen LogP contribution is -2.50. The van der Waals surface area contributed by atoms with Crippen molar-refractivity contribution in [3.63, 3.8) is 0 Å². The lowest BCUT2D eigenvalue weighted by molar-refractivity contribution is -0.139. The van der Waals surface area contributed by atoms with Gasteiger partial charge in [0.25, 0.3) is 4.99 Å². The normalized spacial score (nSPS) is 14.5. The molecule has 28 heavy (non-hydrogen) atoms. The van der Waals surface area contributed by atoms with Gasteiger partial charge >= 0.3 is 19.9 Å². The van der Waals surface area contributed by atoms with Crippen molar-refractivity contribution in [2.45, 2.75) is 36.8 Å². The van der Waals surface area contributed by atoms with E-state index in [0.717, 1.165) is 6.92 Å². The minimum Gasteiger partial charge on any atom is -0.480 e. The van der Waals surface area contributed by atoms with E-state index in [0.29, 0.717) is 11.8 Å². The second-order valence-corrected chi connectivity index (χ2v) is 8.86. The van der Waals surface area contributed by atoms with Gasteiger partial charge in [0.05, 0.1) is 0 Å². The highest BCUT2D eigenvalue weighted by Gasteiger charge is 2.47. The molecule has 0 heterocycles. The number of carboxylic acids is 2. The number of carbonyl (C=O) groups excluding carboxylic acids is 3. The van der Waals surface area contributed by atoms with Gasteiger partial charge in [0, 0.05) is 12.2 Å². The molecule has 2 amide bonds. The van der Waals surface area contributed by atoms with E-state index in [-0.39, 0.29) is 12.8 Å². The number of ketones is 1. The van der Waals surface area contributed by atoms with E-state index >= 15 is 0 Å². The van der Waals surface area contributed by atoms with Crippen molar-refractivity contribution in [3.05, 3.63) is 0 Å². The van der Waals surface area contributed by atoms with Crippen LogP contribution in [0.4, 0.5) is 0 Å². The van der Waals surface area contributed by atoms with E-state index in [1.807, 2.05) is 5.32 Å². The van der Waals surface area contributed by atoms with E-state index in [1.54, 1.807) is 0 Å². The second-order valence-electron chi connectivity index (χ2n) is 5.63. The van der Waals surface area contributed by atoms with Gasteiger partial charge in [-0.15, -0.1) is 0 Å². The summed E-state index contributed by atoms with van der Waals surface area (Å²) in [6.07, 6.45) is -0.583. The Balaban J connectivity index is 5.07. The highest BCUT2D eigenvalue weighted by Crippen LogP contribution is 2.55. The van der Waals surface area contributed by atoms with Crippen LogP contribution in [0.2, 0.25) is 0 Å². The maximum Gasteiger partial charge on any atom is 0.425 e. The quantitative estimate of drug-likeness (QED) is 0.135. The fourth-order valence-electron chi connectivity index (χ4n) is 1.79. The molecule has 0 aliphatic heterocycles. The molecule has 3 atom stereocenters. The average molecular weight is 444 g/mol. The van der Waals surface area contributed by atoms with Crippen LogP contribution >= 0.6 is 19.7 Å². The van der Waals surface area contributed by atoms with Gasteiger partial charge in [-0.3, -0.25) is 24.0 Å². The van der Waals surface area contributed by atoms with Crippen molar-refractivity contribution in [3.8, 4) is 0 Å². The van der Waals surface area contributed by atoms with Crippen molar-refractivity contribution in [2.75, 3.05) is 12.3 Å². The Morgan fingerprint density at radius 2 is 1.68 bits per heavy atom. The molecule has 15 heteroatoms. The molecule has 0 saturated heterocycles. The number of hydrogen-bond donors (Lipinski definition) is 8. The van der Waals surface area contributed by atoms with Crippen LogP contribution in [-0.4, -0.2) is 83.8 Å². The minimum atomic E-state index is -4.58. The number of carboxylic acid groups (broad SMARTS) is 2. The topological polar surface area (TPSA) is 237 Å². The van der Waals surface area contributed by atoms with E-state index in [2.05, 4.69) is 5.32 Å². The number of carbonyl (C=O) groups is 5. The van der Waals surface area contributed by atoms with Crippen LogP contribution in [0.5, 0.6) is 0 Å². The maximum atomic E-state index is 12.1. The zero-order valence-corrected chi connectivity index (χ0v) is 16.5. The van der Waals surface area contributed by atoms with Gasteiger partial charge in [0.1, 0.15) is 18.6 Å². The van der Waals surface area contributed by atoms with E-state index in [1.165, 1.54) is 0 Å². The standard InChI is InChI=1S/C13H22N3O10PS/c1-6(17)13(27(24,25)26)28-5-8(11(21)15-4-10(19)20)16-9(18)3-2-7(14)12(22)23/h7-8,13,24-26H,2-5,14H2,1H3,(H3-,15,16,18,19,20,21,22,23)/p+1. The summed E-state index contributed by atoms with van der Waals surface area (Å²) in [5.74, 6) is -5.58. The van der Waals surface area contributed by atoms with Gasteiger partial charge < -0.3 is 26.6 Å². The smallest absolute Gasteiger partial charge is 0.425 e. The van der Waals surface area contributed by atoms with Gasteiger partial charge in [-0.1, -0.05) is 11.8 Å². The highest BCUT2D eigenvalue weighted by molar-refractivity contribution is 8.07. The lowest BCUT2D eigenvalue weighted by Gasteiger charge is -2.20. The molecular weight excluding hydrogens is 421 g/mol. The number of nitrogens with two attached hydrogens (primary N) is 1. The molecule has 0 saturated carbocycles. The number of amides is 2. The Hall–Kier alpha value is -1.83. The van der Waals surface area contributed by atoms with Gasteiger partial charge in [-0.2, -0.15) is 14.7 Å². The first kappa shape index (κ1) is 26.2. The Kier molecular flexibility index (Phi) is 11.1. The largest absolute Gasteiger partial charge is 0.480 e. The van der Waals surface area contributed by atoms with Crippen molar-refractivity contribution in [2.24, 2.45) is 5.73 Å². The lowest BCUT2D eigenvalue weighted by atomic mass is 10.1. The van der Waals surface area contributed by atoms with Crippen molar-refractivity contribution in [1.82, 2.24) is 10.6 Å². The molecule has 0 aliphatic rings. The Bertz CT molecular complexity index is 612. The minimum absolute atomic E-state index is 0.230. The number of hydrogen-bond acceptors (Lipinski definition) is 10. The third kappa shape index (κ3) is 10.5. The molecule has 0 spiro atoms. The predicted octanol–water partition coefficient (Wildman–Crippen LogP) is -2.75. The number of aliphatic carboxylic acids is 2. The third-order valence-electron chi connectivity index (χ3n) is 3.15. The monoisotopic (exact) mass is 444 g/mol. The molecular formula is C13H23N3O10PS+. The summed E-state index contributed by atoms with van der Waals surface area (Å²) >= 11 is 0.487. The highest BCUT2D eigenvalue weighted by atomic mass is 32.2. The first-order valence-electron chi connectivity index (χ1n) is 7.72. The molecule has 0 radical (unpaired) electrons. The van der Waals surface area contributed by atoms with Gasteiger partial charge in [0.15, 0.2) is 5.78 Å². The number of thioether (sulfide) groups is 1. The van der Waals surface area contributed by atoms with Crippen LogP contribution in [0.1, 0.15) is 19.8 Å². The molecule has 9 N–H and O–H groups in total. The first-order chi connectivity index (χ1) is 12.8. The SMILES string of the molecule is CC(=O)C(SCC(NC(=O)CCC(N)C(=O)O)C(=O)NCC(=O)O)[P+](O)(O)O. The molecule has 0 aromatic carbocycles. The molecule has 160 valence electrons. The molecule has 3 unspecified atom stereocenters. The van der Waals surface area contributed by atoms with Crippen LogP contribution in [0, 0.1) is 0 Å². The van der Waals surface area contributed by atoms with Gasteiger partial charge in [-0.05, 0) is 13.3 Å². The summed E-state index contributed by atoms with van der Waals surface area (Å²) < 4.78 is 0. The molecule has 0 aliphatic carbocycles. The van der Waals surface area contributed by atoms with Crippen LogP contribution in [-0.2, 0) is 24.0 Å². The number of nitrogens with one attached hydrogen (secondary N) is 2. The van der Waals surface area contributed by atoms with Crippen molar-refractivity contribution >= 4 is 49.2 Å². The van der Waals surface area contributed by atoms with Crippen molar-refractivity contribution < 1.29 is 48.9 Å². The van der Waals surface area contributed by atoms with E-state index in [9.17, 15) is 38.7 Å². The summed E-state index contributed by atoms with van der Waals surface area (Å²) in [6.45, 7) is 0.229. The van der Waals surface area contributed by atoms with Crippen LogP contribution < -0.4 is 16.4 Å². The fourth-order valence-corrected chi connectivity index (χ4v) is 4.18. The summed E-state index contributed by atoms with van der Waals surface area (Å²) in [7, 11) is -4.58. The summed E-state index contributed by atoms with van der Waals surface area (Å²) in [6, 6.07) is -2.70. The fraction of sp³-hybridized carbons (Fsp3) is 0.615. The Labute approximate surface area is 164 Å². The zero-order valence-electron chi connectivity index (χ0n) is 14.8. The summed E-state index contributed by atoms with van der Waals surface area (Å²) in [4.78, 5) is 82.9. The van der Waals surface area contributed by atoms with Gasteiger partial charge in [-0.25, -0.2) is 0 Å². The Morgan fingerprint density at radius 3 is 2.11 bits per heavy atom. The molecule has 0 bridgehead atoms. The number of rotatable bonds is 13. The van der Waals surface area contributed by atoms with E-state index in [4.69, 9.17) is 15.9 Å². The van der Waals surface area contributed by atoms with Crippen molar-refractivity contribution in [1.29, 1.82) is 0 Å². The zero-order chi connectivity index (χ0) is 22.1. The Morgan fingerprint density at radius 1 is 1.11 bits per heavy atom. The molecule has 13 nitrogen and oxygen atoms in total. The second kappa shape index (κ2) is 11.9. The maximum absolute atomic E-state index is 12.1. The van der Waals surface area contributed by atoms with Gasteiger partial charge in [0.2, 0.25) is 11.8 Å². The molecule has 0 rings (SSSR count). The summed E-state index contributed by atoms with van der Waals surface area (Å²) in [5, 5.41) is 21.5. The number of Topliss-reactive ketones (excluding diaryl/α,β-unsaturated/α-hetero) is 1. The third-order valence-corrected chi connectivity index (χ3v) is 6.61. The van der Waals surface area contributed by atoms with E-state index < -0.39 is 66.9 Å². The first-order valence-corrected chi connectivity index (χ1v) is 10.5. The van der Waals surface area contributed by atoms with Crippen LogP contribution in [0.3, 0.4) is 0 Å². The molecule has 0 aromatic rings. The molecule has 0 fully saturated rings.